The summed E-state index contributed by atoms with van der Waals surface area (Å²) in [6.45, 7) is 1.68. The molecule has 0 amide bonds. The van der Waals surface area contributed by atoms with E-state index in [0.717, 1.165) is 0 Å². The third kappa shape index (κ3) is 1.59. The van der Waals surface area contributed by atoms with E-state index in [9.17, 15) is 13.2 Å². The van der Waals surface area contributed by atoms with Gasteiger partial charge in [0.2, 0.25) is 0 Å². The van der Waals surface area contributed by atoms with Gasteiger partial charge in [-0.05, 0) is 43.5 Å². The summed E-state index contributed by atoms with van der Waals surface area (Å²) in [4.78, 5) is 11.7. The largest absolute Gasteiger partial charge is 0.426 e. The summed E-state index contributed by atoms with van der Waals surface area (Å²) in [5.41, 5.74) is 0.529. The van der Waals surface area contributed by atoms with Gasteiger partial charge < -0.3 is 4.74 Å². The molecule has 1 heterocycles. The number of allylic oxidation sites excluding steroid dienone is 1. The predicted octanol–water partition coefficient (Wildman–Crippen LogP) is 2.38. The van der Waals surface area contributed by atoms with Crippen LogP contribution in [0.25, 0.3) is 0 Å². The number of hydrogen-bond acceptors (Lipinski definition) is 4. The molecule has 0 N–H and O–H groups in total. The zero-order valence-corrected chi connectivity index (χ0v) is 11.8. The first-order valence-corrected chi connectivity index (χ1v) is 7.88. The second-order valence-electron chi connectivity index (χ2n) is 5.00. The van der Waals surface area contributed by atoms with Crippen LogP contribution in [-0.2, 0) is 19.4 Å². The molecule has 5 heteroatoms. The topological polar surface area (TPSA) is 60.4 Å². The van der Waals surface area contributed by atoms with Crippen molar-refractivity contribution < 1.29 is 17.9 Å². The minimum atomic E-state index is -3.65. The summed E-state index contributed by atoms with van der Waals surface area (Å²) in [7, 11) is -3.65. The van der Waals surface area contributed by atoms with E-state index in [2.05, 4.69) is 0 Å². The first kappa shape index (κ1) is 13.1. The molecule has 1 unspecified atom stereocenters. The van der Waals surface area contributed by atoms with Crippen molar-refractivity contribution >= 4 is 15.8 Å². The van der Waals surface area contributed by atoms with E-state index >= 15 is 0 Å². The summed E-state index contributed by atoms with van der Waals surface area (Å²) in [5.74, 6) is -0.249. The third-order valence-corrected chi connectivity index (χ3v) is 6.46. The minimum Gasteiger partial charge on any atom is -0.426 e. The number of carbonyl (C=O) groups excluding carboxylic acids is 1. The highest BCUT2D eigenvalue weighted by Gasteiger charge is 2.55. The molecule has 0 bridgehead atoms. The Morgan fingerprint density at radius 3 is 2.60 bits per heavy atom. The lowest BCUT2D eigenvalue weighted by Crippen LogP contribution is -2.43. The maximum absolute atomic E-state index is 13.0. The van der Waals surface area contributed by atoms with Crippen molar-refractivity contribution in [2.24, 2.45) is 0 Å². The van der Waals surface area contributed by atoms with E-state index in [1.807, 2.05) is 0 Å². The third-order valence-electron chi connectivity index (χ3n) is 3.92. The lowest BCUT2D eigenvalue weighted by Gasteiger charge is -2.34. The standard InChI is InChI=1S/C15H14O4S/c1-11-10-14(16)19-13-8-5-9-15(11,13)20(17,18)12-6-3-2-4-7-12/h2-4,6-8,10H,5,9H2,1H3. The van der Waals surface area contributed by atoms with Gasteiger partial charge in [0, 0.05) is 6.08 Å². The molecular weight excluding hydrogens is 276 g/mol. The molecule has 2 aliphatic rings. The number of carbonyl (C=O) groups is 1. The highest BCUT2D eigenvalue weighted by Crippen LogP contribution is 2.48. The zero-order chi connectivity index (χ0) is 14.4. The monoisotopic (exact) mass is 290 g/mol. The van der Waals surface area contributed by atoms with Crippen LogP contribution in [0.2, 0.25) is 0 Å². The maximum atomic E-state index is 13.0. The Morgan fingerprint density at radius 1 is 1.20 bits per heavy atom. The molecule has 0 spiro atoms. The Labute approximate surface area is 117 Å². The van der Waals surface area contributed by atoms with Crippen LogP contribution in [0.4, 0.5) is 0 Å². The van der Waals surface area contributed by atoms with Crippen molar-refractivity contribution in [3.63, 3.8) is 0 Å². The van der Waals surface area contributed by atoms with Gasteiger partial charge >= 0.3 is 5.97 Å². The van der Waals surface area contributed by atoms with Gasteiger partial charge in [-0.25, -0.2) is 13.2 Å². The number of ether oxygens (including phenoxy) is 1. The van der Waals surface area contributed by atoms with Crippen LogP contribution in [0.3, 0.4) is 0 Å². The first-order chi connectivity index (χ1) is 9.48. The van der Waals surface area contributed by atoms with Crippen molar-refractivity contribution in [2.45, 2.75) is 29.4 Å². The van der Waals surface area contributed by atoms with Crippen molar-refractivity contribution in [1.82, 2.24) is 0 Å². The Balaban J connectivity index is 2.24. The minimum absolute atomic E-state index is 0.249. The SMILES string of the molecule is CC1=CC(=O)OC2=CCCC12S(=O)(=O)c1ccccc1. The van der Waals surface area contributed by atoms with Crippen LogP contribution in [0.1, 0.15) is 19.8 Å². The van der Waals surface area contributed by atoms with Gasteiger partial charge in [-0.15, -0.1) is 0 Å². The number of hydrogen-bond donors (Lipinski definition) is 0. The fourth-order valence-electron chi connectivity index (χ4n) is 2.92. The molecule has 4 nitrogen and oxygen atoms in total. The van der Waals surface area contributed by atoms with E-state index in [-0.39, 0.29) is 10.7 Å². The molecule has 3 rings (SSSR count). The fraction of sp³-hybridized carbons (Fsp3) is 0.267. The van der Waals surface area contributed by atoms with Gasteiger partial charge in [-0.3, -0.25) is 0 Å². The summed E-state index contributed by atoms with van der Waals surface area (Å²) in [5, 5.41) is 0. The van der Waals surface area contributed by atoms with Crippen LogP contribution >= 0.6 is 0 Å². The van der Waals surface area contributed by atoms with Crippen LogP contribution in [0.15, 0.2) is 58.7 Å². The van der Waals surface area contributed by atoms with Gasteiger partial charge in [0.25, 0.3) is 0 Å². The molecule has 20 heavy (non-hydrogen) atoms. The Morgan fingerprint density at radius 2 is 1.90 bits per heavy atom. The quantitative estimate of drug-likeness (QED) is 0.785. The molecule has 104 valence electrons. The number of rotatable bonds is 2. The van der Waals surface area contributed by atoms with E-state index in [1.165, 1.54) is 6.08 Å². The smallest absolute Gasteiger partial charge is 0.335 e. The van der Waals surface area contributed by atoms with Gasteiger partial charge in [0.1, 0.15) is 5.76 Å². The van der Waals surface area contributed by atoms with Crippen LogP contribution in [0, 0.1) is 0 Å². The Kier molecular flexibility index (Phi) is 2.83. The number of benzene rings is 1. The highest BCUT2D eigenvalue weighted by molar-refractivity contribution is 7.93. The molecule has 1 aliphatic carbocycles. The second-order valence-corrected chi connectivity index (χ2v) is 7.17. The van der Waals surface area contributed by atoms with Gasteiger partial charge in [-0.2, -0.15) is 0 Å². The van der Waals surface area contributed by atoms with Crippen molar-refractivity contribution in [3.8, 4) is 0 Å². The van der Waals surface area contributed by atoms with Gasteiger partial charge in [0.15, 0.2) is 14.6 Å². The fourth-order valence-corrected chi connectivity index (χ4v) is 5.10. The lowest BCUT2D eigenvalue weighted by atomic mass is 9.95. The zero-order valence-electron chi connectivity index (χ0n) is 11.0. The summed E-state index contributed by atoms with van der Waals surface area (Å²) < 4.78 is 30.0. The summed E-state index contributed by atoms with van der Waals surface area (Å²) >= 11 is 0. The number of fused-ring (bicyclic) bond motifs is 1. The molecular formula is C15H14O4S. The Bertz CT molecular complexity index is 724. The molecule has 1 aliphatic heterocycles. The molecule has 1 aromatic carbocycles. The number of esters is 1. The van der Waals surface area contributed by atoms with Crippen molar-refractivity contribution in [1.29, 1.82) is 0 Å². The van der Waals surface area contributed by atoms with E-state index < -0.39 is 20.6 Å². The molecule has 0 saturated heterocycles. The normalized spacial score (nSPS) is 25.6. The average molecular weight is 290 g/mol. The van der Waals surface area contributed by atoms with E-state index in [1.54, 1.807) is 43.3 Å². The molecule has 0 saturated carbocycles. The molecule has 1 aromatic rings. The summed E-state index contributed by atoms with van der Waals surface area (Å²) in [6, 6.07) is 8.30. The maximum Gasteiger partial charge on any atom is 0.335 e. The van der Waals surface area contributed by atoms with Crippen LogP contribution < -0.4 is 0 Å². The van der Waals surface area contributed by atoms with E-state index in [0.29, 0.717) is 18.4 Å². The highest BCUT2D eigenvalue weighted by atomic mass is 32.2. The predicted molar refractivity (Wildman–Crippen MR) is 73.5 cm³/mol. The van der Waals surface area contributed by atoms with E-state index in [4.69, 9.17) is 4.74 Å². The molecule has 0 fully saturated rings. The second kappa shape index (κ2) is 4.31. The Hall–Kier alpha value is -1.88. The van der Waals surface area contributed by atoms with Crippen molar-refractivity contribution in [3.05, 3.63) is 53.8 Å². The van der Waals surface area contributed by atoms with Crippen LogP contribution in [0.5, 0.6) is 0 Å². The van der Waals surface area contributed by atoms with Gasteiger partial charge in [-0.1, -0.05) is 18.2 Å². The number of sulfone groups is 1. The first-order valence-electron chi connectivity index (χ1n) is 6.39. The molecule has 0 aromatic heterocycles. The van der Waals surface area contributed by atoms with Gasteiger partial charge in [0.05, 0.1) is 4.90 Å². The van der Waals surface area contributed by atoms with Crippen molar-refractivity contribution in [2.75, 3.05) is 0 Å². The molecule has 1 atom stereocenters. The summed E-state index contributed by atoms with van der Waals surface area (Å²) in [6.07, 6.45) is 3.98. The average Bonchev–Trinajstić information content (AvgIpc) is 2.85. The lowest BCUT2D eigenvalue weighted by molar-refractivity contribution is -0.135. The van der Waals surface area contributed by atoms with Crippen LogP contribution in [-0.4, -0.2) is 19.1 Å². The molecule has 0 radical (unpaired) electrons.